The lowest BCUT2D eigenvalue weighted by Gasteiger charge is -2.41. The molecule has 7 nitrogen and oxygen atoms in total. The minimum atomic E-state index is -0.484. The molecule has 1 fully saturated rings. The fourth-order valence-electron chi connectivity index (χ4n) is 3.28. The van der Waals surface area contributed by atoms with Crippen LogP contribution >= 0.6 is 0 Å². The lowest BCUT2D eigenvalue weighted by molar-refractivity contribution is -0.124. The van der Waals surface area contributed by atoms with Crippen LogP contribution in [0.2, 0.25) is 0 Å². The molecule has 1 amide bonds. The average Bonchev–Trinajstić information content (AvgIpc) is 3.14. The highest BCUT2D eigenvalue weighted by Crippen LogP contribution is 2.32. The predicted octanol–water partition coefficient (Wildman–Crippen LogP) is 1.10. The van der Waals surface area contributed by atoms with E-state index in [-0.39, 0.29) is 24.4 Å². The summed E-state index contributed by atoms with van der Waals surface area (Å²) in [4.78, 5) is 12.4. The highest BCUT2D eigenvalue weighted by atomic mass is 16.3. The highest BCUT2D eigenvalue weighted by Gasteiger charge is 2.42. The van der Waals surface area contributed by atoms with Gasteiger partial charge < -0.3 is 10.4 Å². The first-order valence-corrected chi connectivity index (χ1v) is 8.02. The molecule has 0 bridgehead atoms. The van der Waals surface area contributed by atoms with Gasteiger partial charge in [0.25, 0.3) is 0 Å². The molecule has 3 aromatic rings. The predicted molar refractivity (Wildman–Crippen MR) is 88.4 cm³/mol. The second-order valence-corrected chi connectivity index (χ2v) is 6.36. The number of nitrogens with one attached hydrogen (secondary N) is 2. The van der Waals surface area contributed by atoms with Crippen molar-refractivity contribution in [3.63, 3.8) is 0 Å². The van der Waals surface area contributed by atoms with Gasteiger partial charge in [-0.1, -0.05) is 18.2 Å². The van der Waals surface area contributed by atoms with Gasteiger partial charge in [-0.2, -0.15) is 10.2 Å². The third-order valence-electron chi connectivity index (χ3n) is 4.56. The Morgan fingerprint density at radius 1 is 1.46 bits per heavy atom. The van der Waals surface area contributed by atoms with Crippen molar-refractivity contribution >= 4 is 16.8 Å². The number of hydrogen-bond acceptors (Lipinski definition) is 4. The number of hydrogen-bond donors (Lipinski definition) is 3. The number of para-hydroxylation sites is 1. The number of amides is 1. The summed E-state index contributed by atoms with van der Waals surface area (Å²) >= 11 is 0. The Bertz CT molecular complexity index is 884. The molecule has 0 unspecified atom stereocenters. The monoisotopic (exact) mass is 325 g/mol. The summed E-state index contributed by atoms with van der Waals surface area (Å²) in [7, 11) is 0. The van der Waals surface area contributed by atoms with Crippen LogP contribution in [0.25, 0.3) is 10.9 Å². The molecule has 1 aliphatic rings. The number of aromatic amines is 1. The number of nitrogens with zero attached hydrogens (tertiary/aromatic N) is 3. The zero-order valence-corrected chi connectivity index (χ0v) is 13.3. The molecule has 1 saturated carbocycles. The third-order valence-corrected chi connectivity index (χ3v) is 4.56. The number of fused-ring (bicyclic) bond motifs is 1. The van der Waals surface area contributed by atoms with Crippen molar-refractivity contribution < 1.29 is 9.90 Å². The van der Waals surface area contributed by atoms with Gasteiger partial charge in [-0.05, 0) is 25.0 Å². The Balaban J connectivity index is 1.44. The number of carbonyl (C=O) groups excluding carboxylic acids is 1. The third kappa shape index (κ3) is 2.56. The van der Waals surface area contributed by atoms with Crippen LogP contribution in [0.3, 0.4) is 0 Å². The van der Waals surface area contributed by atoms with Crippen LogP contribution in [-0.2, 0) is 11.2 Å². The highest BCUT2D eigenvalue weighted by molar-refractivity contribution is 5.87. The van der Waals surface area contributed by atoms with Crippen LogP contribution in [0.4, 0.5) is 0 Å². The molecule has 2 heterocycles. The molecule has 0 saturated heterocycles. The molecule has 7 heteroatoms. The summed E-state index contributed by atoms with van der Waals surface area (Å²) in [6.07, 6.45) is 3.93. The molecule has 1 aliphatic carbocycles. The minimum Gasteiger partial charge on any atom is -0.391 e. The molecule has 0 aliphatic heterocycles. The van der Waals surface area contributed by atoms with Crippen molar-refractivity contribution in [2.45, 2.75) is 38.0 Å². The molecule has 2 aromatic heterocycles. The molecular weight excluding hydrogens is 306 g/mol. The Labute approximate surface area is 138 Å². The van der Waals surface area contributed by atoms with Crippen molar-refractivity contribution in [3.05, 3.63) is 47.9 Å². The fourth-order valence-corrected chi connectivity index (χ4v) is 3.28. The van der Waals surface area contributed by atoms with Crippen molar-refractivity contribution in [2.24, 2.45) is 0 Å². The van der Waals surface area contributed by atoms with Gasteiger partial charge >= 0.3 is 0 Å². The molecule has 124 valence electrons. The second-order valence-electron chi connectivity index (χ2n) is 6.36. The lowest BCUT2D eigenvalue weighted by atomic mass is 9.83. The van der Waals surface area contributed by atoms with E-state index in [0.717, 1.165) is 22.2 Å². The number of H-pyrrole nitrogens is 1. The van der Waals surface area contributed by atoms with E-state index in [1.807, 2.05) is 37.4 Å². The first-order valence-electron chi connectivity index (χ1n) is 8.02. The number of aromatic nitrogens is 4. The number of aryl methyl sites for hydroxylation is 1. The van der Waals surface area contributed by atoms with E-state index in [9.17, 15) is 9.90 Å². The molecule has 0 radical (unpaired) electrons. The number of aliphatic hydroxyl groups is 1. The van der Waals surface area contributed by atoms with Gasteiger partial charge in [-0.3, -0.25) is 14.6 Å². The van der Waals surface area contributed by atoms with Gasteiger partial charge in [0.05, 0.1) is 42.0 Å². The number of benzene rings is 1. The van der Waals surface area contributed by atoms with Crippen molar-refractivity contribution in [2.75, 3.05) is 0 Å². The Morgan fingerprint density at radius 2 is 2.29 bits per heavy atom. The largest absolute Gasteiger partial charge is 0.391 e. The van der Waals surface area contributed by atoms with Crippen LogP contribution in [0.1, 0.15) is 23.7 Å². The van der Waals surface area contributed by atoms with Gasteiger partial charge in [-0.25, -0.2) is 0 Å². The van der Waals surface area contributed by atoms with E-state index in [1.54, 1.807) is 10.9 Å². The summed E-state index contributed by atoms with van der Waals surface area (Å²) < 4.78 is 1.74. The van der Waals surface area contributed by atoms with Crippen LogP contribution in [-0.4, -0.2) is 43.1 Å². The van der Waals surface area contributed by atoms with Crippen LogP contribution in [0.15, 0.2) is 36.7 Å². The summed E-state index contributed by atoms with van der Waals surface area (Å²) in [6.45, 7) is 1.95. The molecule has 0 spiro atoms. The summed E-state index contributed by atoms with van der Waals surface area (Å²) in [6, 6.07) is 7.38. The SMILES string of the molecule is Cc1cnn([C@H]2[C@H](O)C[C@@H]2NC(=O)Cc2[nH]nc3ccccc23)c1. The number of rotatable bonds is 4. The van der Waals surface area contributed by atoms with Crippen LogP contribution in [0.5, 0.6) is 0 Å². The van der Waals surface area contributed by atoms with Crippen LogP contribution < -0.4 is 5.32 Å². The van der Waals surface area contributed by atoms with E-state index < -0.39 is 6.10 Å². The van der Waals surface area contributed by atoms with E-state index in [4.69, 9.17) is 0 Å². The second kappa shape index (κ2) is 5.76. The van der Waals surface area contributed by atoms with E-state index in [1.165, 1.54) is 0 Å². The molecule has 4 rings (SSSR count). The zero-order valence-electron chi connectivity index (χ0n) is 13.3. The fraction of sp³-hybridized carbons (Fsp3) is 0.353. The first kappa shape index (κ1) is 14.9. The molecule has 3 atom stereocenters. The maximum absolute atomic E-state index is 12.4. The molecule has 1 aromatic carbocycles. The van der Waals surface area contributed by atoms with Crippen molar-refractivity contribution in [1.29, 1.82) is 0 Å². The average molecular weight is 325 g/mol. The van der Waals surface area contributed by atoms with Crippen LogP contribution in [0, 0.1) is 6.92 Å². The van der Waals surface area contributed by atoms with Crippen molar-refractivity contribution in [3.8, 4) is 0 Å². The van der Waals surface area contributed by atoms with E-state index in [2.05, 4.69) is 20.6 Å². The summed E-state index contributed by atoms with van der Waals surface area (Å²) in [5, 5.41) is 25.4. The smallest absolute Gasteiger partial charge is 0.226 e. The normalized spacial score (nSPS) is 23.2. The zero-order chi connectivity index (χ0) is 16.7. The topological polar surface area (TPSA) is 95.8 Å². The Morgan fingerprint density at radius 3 is 3.04 bits per heavy atom. The maximum Gasteiger partial charge on any atom is 0.226 e. The van der Waals surface area contributed by atoms with Gasteiger partial charge in [-0.15, -0.1) is 0 Å². The molecular formula is C17H19N5O2. The number of aliphatic hydroxyl groups excluding tert-OH is 1. The minimum absolute atomic E-state index is 0.0878. The maximum atomic E-state index is 12.4. The van der Waals surface area contributed by atoms with Gasteiger partial charge in [0.1, 0.15) is 0 Å². The van der Waals surface area contributed by atoms with Gasteiger partial charge in [0.2, 0.25) is 5.91 Å². The standard InChI is InChI=1S/C17H19N5O2/c1-10-8-18-22(9-10)17-14(6-15(17)23)19-16(24)7-13-11-4-2-3-5-12(11)20-21-13/h2-5,8-9,14-15,17,23H,6-7H2,1H3,(H,19,24)(H,20,21)/t14-,15+,17+/m0/s1. The summed E-state index contributed by atoms with van der Waals surface area (Å²) in [5.74, 6) is -0.0878. The lowest BCUT2D eigenvalue weighted by Crippen LogP contribution is -2.56. The Hall–Kier alpha value is -2.67. The van der Waals surface area contributed by atoms with E-state index in [0.29, 0.717) is 6.42 Å². The molecule has 24 heavy (non-hydrogen) atoms. The molecule has 3 N–H and O–H groups in total. The van der Waals surface area contributed by atoms with E-state index >= 15 is 0 Å². The quantitative estimate of drug-likeness (QED) is 0.669. The first-order chi connectivity index (χ1) is 11.6. The van der Waals surface area contributed by atoms with Crippen molar-refractivity contribution in [1.82, 2.24) is 25.3 Å². The summed E-state index contributed by atoms with van der Waals surface area (Å²) in [5.41, 5.74) is 2.68. The van der Waals surface area contributed by atoms with Gasteiger partial charge in [0, 0.05) is 11.6 Å². The van der Waals surface area contributed by atoms with Gasteiger partial charge in [0.15, 0.2) is 0 Å². The Kier molecular flexibility index (Phi) is 3.57. The number of carbonyl (C=O) groups is 1.